The van der Waals surface area contributed by atoms with E-state index in [4.69, 9.17) is 10.5 Å². The van der Waals surface area contributed by atoms with Crippen molar-refractivity contribution in [2.75, 3.05) is 0 Å². The Hall–Kier alpha value is -0.770. The van der Waals surface area contributed by atoms with Crippen molar-refractivity contribution < 1.29 is 9.53 Å². The number of carbonyl (C=O) groups is 1. The summed E-state index contributed by atoms with van der Waals surface area (Å²) in [5.74, 6) is 2.11. The maximum absolute atomic E-state index is 12.1. The van der Waals surface area contributed by atoms with E-state index in [2.05, 4.69) is 5.32 Å². The van der Waals surface area contributed by atoms with Crippen LogP contribution in [0.3, 0.4) is 0 Å². The number of hydrogen-bond acceptors (Lipinski definition) is 3. The Kier molecular flexibility index (Phi) is 2.86. The van der Waals surface area contributed by atoms with Crippen LogP contribution in [0.4, 0.5) is 4.79 Å². The molecular weight excluding hydrogens is 240 g/mol. The minimum atomic E-state index is -0.448. The normalized spacial score (nSPS) is 44.2. The lowest BCUT2D eigenvalue weighted by atomic mass is 9.51. The monoisotopic (exact) mass is 266 g/mol. The topological polar surface area (TPSA) is 64.3 Å². The van der Waals surface area contributed by atoms with Crippen LogP contribution in [0.15, 0.2) is 0 Å². The van der Waals surface area contributed by atoms with Gasteiger partial charge in [0.25, 0.3) is 0 Å². The van der Waals surface area contributed by atoms with Crippen molar-refractivity contribution in [1.82, 2.24) is 5.32 Å². The van der Waals surface area contributed by atoms with E-state index >= 15 is 0 Å². The standard InChI is InChI=1S/C15H26N2O2/c1-14(2,3)19-13(18)17-15-7-9-4-10(8-15)6-11(5-9)12(15)16/h9-12H,4-8,16H2,1-3H3,(H,17,18). The largest absolute Gasteiger partial charge is 0.444 e. The minimum Gasteiger partial charge on any atom is -0.444 e. The summed E-state index contributed by atoms with van der Waals surface area (Å²) in [4.78, 5) is 12.1. The van der Waals surface area contributed by atoms with E-state index < -0.39 is 5.60 Å². The van der Waals surface area contributed by atoms with Gasteiger partial charge in [-0.1, -0.05) is 0 Å². The first-order valence-corrected chi connectivity index (χ1v) is 7.54. The first-order valence-electron chi connectivity index (χ1n) is 7.54. The zero-order valence-corrected chi connectivity index (χ0v) is 12.2. The fourth-order valence-corrected chi connectivity index (χ4v) is 4.77. The Morgan fingerprint density at radius 1 is 1.21 bits per heavy atom. The average molecular weight is 266 g/mol. The predicted molar refractivity (Wildman–Crippen MR) is 73.6 cm³/mol. The molecule has 108 valence electrons. The third-order valence-corrected chi connectivity index (χ3v) is 5.14. The summed E-state index contributed by atoms with van der Waals surface area (Å²) in [5.41, 5.74) is 5.80. The van der Waals surface area contributed by atoms with Crippen LogP contribution in [0.2, 0.25) is 0 Å². The summed E-state index contributed by atoms with van der Waals surface area (Å²) in [6.45, 7) is 5.69. The molecule has 0 spiro atoms. The number of alkyl carbamates (subject to hydrolysis) is 1. The summed E-state index contributed by atoms with van der Waals surface area (Å²) < 4.78 is 5.42. The molecule has 4 bridgehead atoms. The summed E-state index contributed by atoms with van der Waals surface area (Å²) in [7, 11) is 0. The molecule has 0 aromatic rings. The molecule has 4 aliphatic rings. The fourth-order valence-electron chi connectivity index (χ4n) is 4.77. The highest BCUT2D eigenvalue weighted by molar-refractivity contribution is 5.69. The van der Waals surface area contributed by atoms with Gasteiger partial charge in [-0.3, -0.25) is 0 Å². The second-order valence-corrected chi connectivity index (χ2v) is 7.92. The van der Waals surface area contributed by atoms with E-state index in [1.165, 1.54) is 19.3 Å². The summed E-state index contributed by atoms with van der Waals surface area (Å²) >= 11 is 0. The Morgan fingerprint density at radius 2 is 1.79 bits per heavy atom. The lowest BCUT2D eigenvalue weighted by Crippen LogP contribution is -2.71. The number of nitrogens with two attached hydrogens (primary N) is 1. The number of ether oxygens (including phenoxy) is 1. The van der Waals surface area contributed by atoms with E-state index in [1.807, 2.05) is 20.8 Å². The van der Waals surface area contributed by atoms with Crippen LogP contribution < -0.4 is 11.1 Å². The minimum absolute atomic E-state index is 0.104. The lowest BCUT2D eigenvalue weighted by Gasteiger charge is -2.60. The van der Waals surface area contributed by atoms with Gasteiger partial charge in [0.2, 0.25) is 0 Å². The van der Waals surface area contributed by atoms with E-state index in [0.29, 0.717) is 5.92 Å². The van der Waals surface area contributed by atoms with Crippen LogP contribution in [-0.4, -0.2) is 23.3 Å². The molecule has 4 fully saturated rings. The third kappa shape index (κ3) is 2.35. The molecule has 0 aliphatic heterocycles. The lowest BCUT2D eigenvalue weighted by molar-refractivity contribution is -0.0428. The molecule has 3 atom stereocenters. The van der Waals surface area contributed by atoms with Gasteiger partial charge in [-0.25, -0.2) is 4.79 Å². The molecule has 0 aromatic heterocycles. The van der Waals surface area contributed by atoms with Gasteiger partial charge < -0.3 is 15.8 Å². The van der Waals surface area contributed by atoms with Crippen LogP contribution in [0.5, 0.6) is 0 Å². The molecule has 4 aliphatic carbocycles. The third-order valence-electron chi connectivity index (χ3n) is 5.14. The highest BCUT2D eigenvalue weighted by Crippen LogP contribution is 2.55. The molecule has 0 radical (unpaired) electrons. The zero-order chi connectivity index (χ0) is 13.8. The molecule has 0 aromatic carbocycles. The summed E-state index contributed by atoms with van der Waals surface area (Å²) in [6, 6.07) is 0.104. The van der Waals surface area contributed by atoms with Crippen molar-refractivity contribution in [2.45, 2.75) is 70.1 Å². The van der Waals surface area contributed by atoms with Gasteiger partial charge in [-0.2, -0.15) is 0 Å². The summed E-state index contributed by atoms with van der Waals surface area (Å²) in [5, 5.41) is 3.14. The fraction of sp³-hybridized carbons (Fsp3) is 0.933. The van der Waals surface area contributed by atoms with E-state index in [9.17, 15) is 4.79 Å². The maximum atomic E-state index is 12.1. The van der Waals surface area contributed by atoms with Crippen LogP contribution >= 0.6 is 0 Å². The van der Waals surface area contributed by atoms with Gasteiger partial charge in [0.05, 0.1) is 5.54 Å². The molecule has 1 amide bonds. The Bertz CT molecular complexity index is 374. The Labute approximate surface area is 115 Å². The highest BCUT2D eigenvalue weighted by atomic mass is 16.6. The number of rotatable bonds is 1. The average Bonchev–Trinajstić information content (AvgIpc) is 2.21. The van der Waals surface area contributed by atoms with E-state index in [1.54, 1.807) is 0 Å². The number of carbonyl (C=O) groups excluding carboxylic acids is 1. The van der Waals surface area contributed by atoms with E-state index in [-0.39, 0.29) is 17.7 Å². The molecule has 3 N–H and O–H groups in total. The SMILES string of the molecule is CC(C)(C)OC(=O)NC12CC3CC(CC(C3)C1N)C2. The van der Waals surface area contributed by atoms with Gasteiger partial charge in [0, 0.05) is 6.04 Å². The Balaban J connectivity index is 1.74. The van der Waals surface area contributed by atoms with Crippen LogP contribution in [-0.2, 0) is 4.74 Å². The molecule has 4 heteroatoms. The van der Waals surface area contributed by atoms with Crippen molar-refractivity contribution in [2.24, 2.45) is 23.5 Å². The zero-order valence-electron chi connectivity index (χ0n) is 12.2. The number of amides is 1. The van der Waals surface area contributed by atoms with Gasteiger partial charge >= 0.3 is 6.09 Å². The molecule has 4 rings (SSSR count). The Morgan fingerprint density at radius 3 is 2.32 bits per heavy atom. The van der Waals surface area contributed by atoms with Crippen LogP contribution in [0.25, 0.3) is 0 Å². The summed E-state index contributed by atoms with van der Waals surface area (Å²) in [6.07, 6.45) is 5.64. The van der Waals surface area contributed by atoms with Crippen molar-refractivity contribution in [3.63, 3.8) is 0 Å². The molecule has 4 saturated carbocycles. The molecule has 4 nitrogen and oxygen atoms in total. The number of hydrogen-bond donors (Lipinski definition) is 2. The molecule has 0 heterocycles. The first-order chi connectivity index (χ1) is 8.77. The van der Waals surface area contributed by atoms with E-state index in [0.717, 1.165) is 24.7 Å². The second-order valence-electron chi connectivity index (χ2n) is 7.92. The second kappa shape index (κ2) is 4.11. The first kappa shape index (κ1) is 13.2. The van der Waals surface area contributed by atoms with Gasteiger partial charge in [0.15, 0.2) is 0 Å². The van der Waals surface area contributed by atoms with Gasteiger partial charge in [-0.05, 0) is 70.6 Å². The van der Waals surface area contributed by atoms with Crippen molar-refractivity contribution in [3.05, 3.63) is 0 Å². The molecular formula is C15H26N2O2. The van der Waals surface area contributed by atoms with Crippen molar-refractivity contribution >= 4 is 6.09 Å². The van der Waals surface area contributed by atoms with Crippen molar-refractivity contribution in [1.29, 1.82) is 0 Å². The predicted octanol–water partition coefficient (Wildman–Crippen LogP) is 2.42. The molecule has 3 unspecified atom stereocenters. The van der Waals surface area contributed by atoms with Gasteiger partial charge in [0.1, 0.15) is 5.60 Å². The van der Waals surface area contributed by atoms with Crippen molar-refractivity contribution in [3.8, 4) is 0 Å². The maximum Gasteiger partial charge on any atom is 0.408 e. The quantitative estimate of drug-likeness (QED) is 0.766. The van der Waals surface area contributed by atoms with Crippen LogP contribution in [0, 0.1) is 17.8 Å². The smallest absolute Gasteiger partial charge is 0.408 e. The molecule has 19 heavy (non-hydrogen) atoms. The highest BCUT2D eigenvalue weighted by Gasteiger charge is 2.56. The van der Waals surface area contributed by atoms with Gasteiger partial charge in [-0.15, -0.1) is 0 Å². The molecule has 0 saturated heterocycles. The number of nitrogens with one attached hydrogen (secondary N) is 1. The van der Waals surface area contributed by atoms with Crippen LogP contribution in [0.1, 0.15) is 52.9 Å².